The van der Waals surface area contributed by atoms with E-state index in [4.69, 9.17) is 11.6 Å². The fourth-order valence-electron chi connectivity index (χ4n) is 2.86. The van der Waals surface area contributed by atoms with E-state index in [1.165, 1.54) is 18.3 Å². The predicted molar refractivity (Wildman–Crippen MR) is 105 cm³/mol. The van der Waals surface area contributed by atoms with Gasteiger partial charge in [0.25, 0.3) is 5.91 Å². The number of imidazole rings is 1. The smallest absolute Gasteiger partial charge is 0.253 e. The van der Waals surface area contributed by atoms with E-state index < -0.39 is 0 Å². The minimum absolute atomic E-state index is 0.234. The number of aromatic nitrogens is 4. The third-order valence-corrected chi connectivity index (χ3v) is 4.45. The quantitative estimate of drug-likeness (QED) is 0.504. The van der Waals surface area contributed by atoms with Gasteiger partial charge in [-0.15, -0.1) is 0 Å². The molecule has 0 radical (unpaired) electrons. The van der Waals surface area contributed by atoms with Gasteiger partial charge in [-0.3, -0.25) is 4.79 Å². The van der Waals surface area contributed by atoms with Crippen LogP contribution in [0.15, 0.2) is 54.9 Å². The molecule has 1 aromatic carbocycles. The number of carbonyl (C=O) groups excluding carboxylic acids is 1. The molecular weight excluding hydrogens is 381 g/mol. The Morgan fingerprint density at radius 2 is 1.89 bits per heavy atom. The standard InChI is InChI=1S/C20H15ClFN5O/c21-16-11-12(5-8-23-16)6-9-25-20(28)15-7-10-24-19-17(15)26-18(27-19)13-1-3-14(22)4-2-13/h1-5,7-8,10-11H,6,9H2,(H,25,28)(H,24,26,27). The van der Waals surface area contributed by atoms with Gasteiger partial charge in [0.1, 0.15) is 16.8 Å². The van der Waals surface area contributed by atoms with Crippen molar-refractivity contribution in [3.63, 3.8) is 0 Å². The Kier molecular flexibility index (Phi) is 4.99. The highest BCUT2D eigenvalue weighted by Gasteiger charge is 2.15. The Hall–Kier alpha value is -3.32. The van der Waals surface area contributed by atoms with Crippen LogP contribution in [0.1, 0.15) is 15.9 Å². The van der Waals surface area contributed by atoms with E-state index in [1.807, 2.05) is 6.07 Å². The lowest BCUT2D eigenvalue weighted by molar-refractivity contribution is 0.0955. The summed E-state index contributed by atoms with van der Waals surface area (Å²) in [6.45, 7) is 0.446. The van der Waals surface area contributed by atoms with Crippen LogP contribution in [-0.2, 0) is 6.42 Å². The molecule has 3 heterocycles. The molecule has 2 N–H and O–H groups in total. The number of pyridine rings is 2. The third-order valence-electron chi connectivity index (χ3n) is 4.24. The molecular formula is C20H15ClFN5O. The Labute approximate surface area is 164 Å². The van der Waals surface area contributed by atoms with Gasteiger partial charge < -0.3 is 10.3 Å². The van der Waals surface area contributed by atoms with E-state index in [9.17, 15) is 9.18 Å². The maximum atomic E-state index is 13.1. The Bertz CT molecular complexity index is 1140. The SMILES string of the molecule is O=C(NCCc1ccnc(Cl)c1)c1ccnc2nc(-c3ccc(F)cc3)[nH]c12. The maximum Gasteiger partial charge on any atom is 0.253 e. The van der Waals surface area contributed by atoms with Gasteiger partial charge >= 0.3 is 0 Å². The van der Waals surface area contributed by atoms with Crippen LogP contribution in [-0.4, -0.2) is 32.4 Å². The molecule has 4 aromatic rings. The normalized spacial score (nSPS) is 10.9. The van der Waals surface area contributed by atoms with Gasteiger partial charge in [0, 0.05) is 24.5 Å². The van der Waals surface area contributed by atoms with E-state index >= 15 is 0 Å². The first-order valence-electron chi connectivity index (χ1n) is 8.59. The lowest BCUT2D eigenvalue weighted by atomic mass is 10.2. The van der Waals surface area contributed by atoms with Crippen molar-refractivity contribution >= 4 is 28.7 Å². The Morgan fingerprint density at radius 1 is 1.11 bits per heavy atom. The van der Waals surface area contributed by atoms with Crippen LogP contribution in [0.2, 0.25) is 5.15 Å². The number of rotatable bonds is 5. The summed E-state index contributed by atoms with van der Waals surface area (Å²) in [7, 11) is 0. The van der Waals surface area contributed by atoms with Crippen LogP contribution >= 0.6 is 11.6 Å². The first-order chi connectivity index (χ1) is 13.6. The maximum absolute atomic E-state index is 13.1. The lowest BCUT2D eigenvalue weighted by Gasteiger charge is -2.06. The van der Waals surface area contributed by atoms with E-state index in [-0.39, 0.29) is 11.7 Å². The molecule has 0 saturated carbocycles. The highest BCUT2D eigenvalue weighted by Crippen LogP contribution is 2.22. The van der Waals surface area contributed by atoms with Crippen molar-refractivity contribution in [1.82, 2.24) is 25.3 Å². The molecule has 0 atom stereocenters. The van der Waals surface area contributed by atoms with Crippen molar-refractivity contribution in [3.8, 4) is 11.4 Å². The number of H-pyrrole nitrogens is 1. The number of fused-ring (bicyclic) bond motifs is 1. The molecule has 0 bridgehead atoms. The molecule has 0 aliphatic heterocycles. The molecule has 0 saturated heterocycles. The summed E-state index contributed by atoms with van der Waals surface area (Å²) in [4.78, 5) is 28.3. The van der Waals surface area contributed by atoms with E-state index in [1.54, 1.807) is 30.5 Å². The fourth-order valence-corrected chi connectivity index (χ4v) is 3.05. The van der Waals surface area contributed by atoms with Crippen LogP contribution in [0.5, 0.6) is 0 Å². The van der Waals surface area contributed by atoms with E-state index in [0.717, 1.165) is 5.56 Å². The topological polar surface area (TPSA) is 83.6 Å². The number of nitrogens with zero attached hydrogens (tertiary/aromatic N) is 3. The highest BCUT2D eigenvalue weighted by atomic mass is 35.5. The van der Waals surface area contributed by atoms with Crippen LogP contribution in [0.4, 0.5) is 4.39 Å². The fraction of sp³-hybridized carbons (Fsp3) is 0.100. The molecule has 3 aromatic heterocycles. The van der Waals surface area contributed by atoms with Gasteiger partial charge in [-0.05, 0) is 54.4 Å². The Morgan fingerprint density at radius 3 is 2.68 bits per heavy atom. The monoisotopic (exact) mass is 395 g/mol. The lowest BCUT2D eigenvalue weighted by Crippen LogP contribution is -2.26. The molecule has 4 rings (SSSR count). The van der Waals surface area contributed by atoms with Crippen LogP contribution in [0.3, 0.4) is 0 Å². The van der Waals surface area contributed by atoms with Crippen molar-refractivity contribution in [2.45, 2.75) is 6.42 Å². The highest BCUT2D eigenvalue weighted by molar-refractivity contribution is 6.29. The second-order valence-corrected chi connectivity index (χ2v) is 6.53. The van der Waals surface area contributed by atoms with Gasteiger partial charge in [-0.25, -0.2) is 19.3 Å². The molecule has 28 heavy (non-hydrogen) atoms. The number of hydrogen-bond donors (Lipinski definition) is 2. The number of aromatic amines is 1. The zero-order valence-electron chi connectivity index (χ0n) is 14.6. The summed E-state index contributed by atoms with van der Waals surface area (Å²) in [5, 5.41) is 3.31. The van der Waals surface area contributed by atoms with Gasteiger partial charge in [-0.2, -0.15) is 0 Å². The molecule has 8 heteroatoms. The summed E-state index contributed by atoms with van der Waals surface area (Å²) in [5.41, 5.74) is 3.10. The molecule has 0 fully saturated rings. The first kappa shape index (κ1) is 18.1. The van der Waals surface area contributed by atoms with Gasteiger partial charge in [0.05, 0.1) is 11.1 Å². The van der Waals surface area contributed by atoms with Crippen molar-refractivity contribution in [1.29, 1.82) is 0 Å². The number of hydrogen-bond acceptors (Lipinski definition) is 4. The van der Waals surface area contributed by atoms with Crippen molar-refractivity contribution in [2.24, 2.45) is 0 Å². The summed E-state index contributed by atoms with van der Waals surface area (Å²) in [5.74, 6) is -0.0374. The van der Waals surface area contributed by atoms with Crippen LogP contribution in [0, 0.1) is 5.82 Å². The molecule has 6 nitrogen and oxygen atoms in total. The molecule has 0 aliphatic carbocycles. The van der Waals surface area contributed by atoms with Gasteiger partial charge in [-0.1, -0.05) is 11.6 Å². The second-order valence-electron chi connectivity index (χ2n) is 6.14. The average molecular weight is 396 g/mol. The zero-order valence-corrected chi connectivity index (χ0v) is 15.4. The van der Waals surface area contributed by atoms with Gasteiger partial charge in [0.2, 0.25) is 0 Å². The summed E-state index contributed by atoms with van der Waals surface area (Å²) >= 11 is 5.87. The van der Waals surface area contributed by atoms with Crippen molar-refractivity contribution < 1.29 is 9.18 Å². The number of halogens is 2. The third kappa shape index (κ3) is 3.84. The minimum atomic E-state index is -0.325. The van der Waals surface area contributed by atoms with E-state index in [0.29, 0.717) is 46.2 Å². The van der Waals surface area contributed by atoms with Gasteiger partial charge in [0.15, 0.2) is 5.65 Å². The zero-order chi connectivity index (χ0) is 19.5. The minimum Gasteiger partial charge on any atom is -0.352 e. The molecule has 1 amide bonds. The second kappa shape index (κ2) is 7.74. The number of benzene rings is 1. The van der Waals surface area contributed by atoms with Crippen molar-refractivity contribution in [3.05, 3.63) is 77.0 Å². The molecule has 0 aliphatic rings. The Balaban J connectivity index is 1.52. The molecule has 140 valence electrons. The number of amides is 1. The summed E-state index contributed by atoms with van der Waals surface area (Å²) in [6.07, 6.45) is 3.80. The summed E-state index contributed by atoms with van der Waals surface area (Å²) in [6, 6.07) is 11.2. The van der Waals surface area contributed by atoms with E-state index in [2.05, 4.69) is 25.3 Å². The van der Waals surface area contributed by atoms with Crippen molar-refractivity contribution in [2.75, 3.05) is 6.54 Å². The molecule has 0 spiro atoms. The summed E-state index contributed by atoms with van der Waals surface area (Å²) < 4.78 is 13.1. The first-order valence-corrected chi connectivity index (χ1v) is 8.97. The predicted octanol–water partition coefficient (Wildman–Crippen LogP) is 3.78. The molecule has 0 unspecified atom stereocenters. The largest absolute Gasteiger partial charge is 0.352 e. The average Bonchev–Trinajstić information content (AvgIpc) is 3.12. The van der Waals surface area contributed by atoms with Crippen LogP contribution < -0.4 is 5.32 Å². The van der Waals surface area contributed by atoms with Crippen LogP contribution in [0.25, 0.3) is 22.6 Å². The number of nitrogens with one attached hydrogen (secondary N) is 2. The number of carbonyl (C=O) groups is 1.